The van der Waals surface area contributed by atoms with Crippen molar-refractivity contribution in [2.75, 3.05) is 0 Å². The van der Waals surface area contributed by atoms with Crippen molar-refractivity contribution in [2.45, 2.75) is 32.7 Å². The lowest BCUT2D eigenvalue weighted by Crippen LogP contribution is -2.34. The first-order valence-corrected chi connectivity index (χ1v) is 6.02. The molecule has 4 nitrogen and oxygen atoms in total. The molecule has 1 aromatic carbocycles. The second-order valence-corrected chi connectivity index (χ2v) is 5.41. The van der Waals surface area contributed by atoms with Crippen LogP contribution in [0.5, 0.6) is 0 Å². The van der Waals surface area contributed by atoms with Gasteiger partial charge in [0, 0.05) is 17.4 Å². The van der Waals surface area contributed by atoms with Crippen LogP contribution in [0.15, 0.2) is 35.3 Å². The molecule has 0 unspecified atom stereocenters. The van der Waals surface area contributed by atoms with Crippen molar-refractivity contribution in [1.29, 1.82) is 0 Å². The highest BCUT2D eigenvalue weighted by Crippen LogP contribution is 2.15. The third-order valence-corrected chi connectivity index (χ3v) is 2.79. The second kappa shape index (κ2) is 4.46. The molecule has 2 aromatic rings. The largest absolute Gasteiger partial charge is 0.330 e. The van der Waals surface area contributed by atoms with Crippen LogP contribution in [-0.2, 0) is 6.42 Å². The molecular weight excluding hydrogens is 226 g/mol. The molecule has 0 saturated carbocycles. The van der Waals surface area contributed by atoms with Gasteiger partial charge >= 0.3 is 5.69 Å². The van der Waals surface area contributed by atoms with Gasteiger partial charge in [-0.2, -0.15) is 0 Å². The molecule has 3 N–H and O–H groups in total. The number of aromatic nitrogens is 2. The lowest BCUT2D eigenvalue weighted by atomic mass is 9.96. The smallest absolute Gasteiger partial charge is 0.325 e. The summed E-state index contributed by atoms with van der Waals surface area (Å²) in [6.07, 6.45) is 2.49. The van der Waals surface area contributed by atoms with Gasteiger partial charge in [-0.1, -0.05) is 12.1 Å². The first-order valence-electron chi connectivity index (χ1n) is 6.02. The normalized spacial score (nSPS) is 11.8. The highest BCUT2D eigenvalue weighted by Gasteiger charge is 2.12. The van der Waals surface area contributed by atoms with Gasteiger partial charge in [0.25, 0.3) is 0 Å². The molecule has 0 aliphatic heterocycles. The standard InChI is InChI=1S/C14H19N3O/c1-10-9-16-13(18)17(10)12-6-4-5-11(7-12)8-14(2,3)15/h4-7,9H,8,15H2,1-3H3,(H,16,18). The quantitative estimate of drug-likeness (QED) is 0.865. The molecule has 0 amide bonds. The summed E-state index contributed by atoms with van der Waals surface area (Å²) in [5.41, 5.74) is 8.55. The Bertz CT molecular complexity index is 602. The van der Waals surface area contributed by atoms with Crippen LogP contribution in [-0.4, -0.2) is 15.1 Å². The topological polar surface area (TPSA) is 63.8 Å². The lowest BCUT2D eigenvalue weighted by Gasteiger charge is -2.18. The summed E-state index contributed by atoms with van der Waals surface area (Å²) in [6.45, 7) is 5.89. The van der Waals surface area contributed by atoms with Gasteiger partial charge in [-0.3, -0.25) is 4.57 Å². The van der Waals surface area contributed by atoms with Crippen LogP contribution in [0.25, 0.3) is 5.69 Å². The molecule has 0 atom stereocenters. The summed E-state index contributed by atoms with van der Waals surface area (Å²) >= 11 is 0. The van der Waals surface area contributed by atoms with Gasteiger partial charge in [0.1, 0.15) is 0 Å². The van der Waals surface area contributed by atoms with E-state index in [2.05, 4.69) is 4.98 Å². The van der Waals surface area contributed by atoms with Crippen molar-refractivity contribution in [3.8, 4) is 5.69 Å². The molecule has 1 aromatic heterocycles. The fourth-order valence-corrected chi connectivity index (χ4v) is 2.11. The summed E-state index contributed by atoms with van der Waals surface area (Å²) in [6, 6.07) is 7.92. The third kappa shape index (κ3) is 2.71. The van der Waals surface area contributed by atoms with Gasteiger partial charge in [-0.15, -0.1) is 0 Å². The van der Waals surface area contributed by atoms with E-state index in [1.807, 2.05) is 45.0 Å². The molecule has 2 rings (SSSR count). The minimum atomic E-state index is -0.253. The molecule has 0 aliphatic carbocycles. The van der Waals surface area contributed by atoms with E-state index in [-0.39, 0.29) is 11.2 Å². The van der Waals surface area contributed by atoms with Crippen LogP contribution in [0.2, 0.25) is 0 Å². The molecular formula is C14H19N3O. The zero-order valence-corrected chi connectivity index (χ0v) is 11.0. The van der Waals surface area contributed by atoms with Crippen LogP contribution in [0.1, 0.15) is 25.1 Å². The first kappa shape index (κ1) is 12.6. The number of aryl methyl sites for hydroxylation is 1. The van der Waals surface area contributed by atoms with E-state index < -0.39 is 0 Å². The Kier molecular flexibility index (Phi) is 3.13. The minimum Gasteiger partial charge on any atom is -0.325 e. The van der Waals surface area contributed by atoms with Crippen LogP contribution in [0, 0.1) is 6.92 Å². The zero-order valence-electron chi connectivity index (χ0n) is 11.0. The Morgan fingerprint density at radius 1 is 1.39 bits per heavy atom. The number of nitrogens with zero attached hydrogens (tertiary/aromatic N) is 1. The molecule has 0 spiro atoms. The van der Waals surface area contributed by atoms with E-state index in [0.29, 0.717) is 0 Å². The van der Waals surface area contributed by atoms with E-state index in [1.54, 1.807) is 10.8 Å². The average molecular weight is 245 g/mol. The third-order valence-electron chi connectivity index (χ3n) is 2.79. The number of imidazole rings is 1. The molecule has 0 bridgehead atoms. The van der Waals surface area contributed by atoms with Gasteiger partial charge in [0.05, 0.1) is 5.69 Å². The summed E-state index contributed by atoms with van der Waals surface area (Å²) in [7, 11) is 0. The number of rotatable bonds is 3. The van der Waals surface area contributed by atoms with Gasteiger partial charge in [0.2, 0.25) is 0 Å². The Hall–Kier alpha value is -1.81. The van der Waals surface area contributed by atoms with Gasteiger partial charge in [0.15, 0.2) is 0 Å². The van der Waals surface area contributed by atoms with Crippen LogP contribution in [0.3, 0.4) is 0 Å². The number of nitrogens with two attached hydrogens (primary N) is 1. The number of benzene rings is 1. The minimum absolute atomic E-state index is 0.114. The summed E-state index contributed by atoms with van der Waals surface area (Å²) in [5.74, 6) is 0. The van der Waals surface area contributed by atoms with Crippen molar-refractivity contribution in [2.24, 2.45) is 5.73 Å². The van der Waals surface area contributed by atoms with Crippen molar-refractivity contribution < 1.29 is 0 Å². The molecule has 0 saturated heterocycles. The van der Waals surface area contributed by atoms with Gasteiger partial charge < -0.3 is 10.7 Å². The van der Waals surface area contributed by atoms with E-state index in [9.17, 15) is 4.79 Å². The average Bonchev–Trinajstić information content (AvgIpc) is 2.56. The summed E-state index contributed by atoms with van der Waals surface area (Å²) < 4.78 is 1.66. The van der Waals surface area contributed by atoms with Crippen molar-refractivity contribution in [3.05, 3.63) is 52.2 Å². The van der Waals surface area contributed by atoms with E-state index in [4.69, 9.17) is 5.73 Å². The number of H-pyrrole nitrogens is 1. The SMILES string of the molecule is Cc1c[nH]c(=O)n1-c1cccc(CC(C)(C)N)c1. The molecule has 0 fully saturated rings. The Labute approximate surface area is 106 Å². The van der Waals surface area contributed by atoms with Gasteiger partial charge in [-0.05, 0) is 44.9 Å². The molecule has 0 aliphatic rings. The number of nitrogens with one attached hydrogen (secondary N) is 1. The maximum absolute atomic E-state index is 11.7. The van der Waals surface area contributed by atoms with Crippen LogP contribution in [0.4, 0.5) is 0 Å². The second-order valence-electron chi connectivity index (χ2n) is 5.41. The molecule has 18 heavy (non-hydrogen) atoms. The van der Waals surface area contributed by atoms with E-state index in [0.717, 1.165) is 23.4 Å². The van der Waals surface area contributed by atoms with Crippen LogP contribution >= 0.6 is 0 Å². The molecule has 96 valence electrons. The predicted molar refractivity (Wildman–Crippen MR) is 73.1 cm³/mol. The molecule has 0 radical (unpaired) electrons. The number of hydrogen-bond donors (Lipinski definition) is 2. The molecule has 1 heterocycles. The van der Waals surface area contributed by atoms with Crippen LogP contribution < -0.4 is 11.4 Å². The highest BCUT2D eigenvalue weighted by atomic mass is 16.1. The maximum atomic E-state index is 11.7. The van der Waals surface area contributed by atoms with Gasteiger partial charge in [-0.25, -0.2) is 4.79 Å². The Morgan fingerprint density at radius 3 is 2.67 bits per heavy atom. The monoisotopic (exact) mass is 245 g/mol. The van der Waals surface area contributed by atoms with Crippen molar-refractivity contribution in [3.63, 3.8) is 0 Å². The Morgan fingerprint density at radius 2 is 2.11 bits per heavy atom. The zero-order chi connectivity index (χ0) is 13.3. The fourth-order valence-electron chi connectivity index (χ4n) is 2.11. The Balaban J connectivity index is 2.42. The maximum Gasteiger partial charge on any atom is 0.330 e. The van der Waals surface area contributed by atoms with E-state index >= 15 is 0 Å². The van der Waals surface area contributed by atoms with Crippen molar-refractivity contribution >= 4 is 0 Å². The summed E-state index contributed by atoms with van der Waals surface area (Å²) in [4.78, 5) is 14.4. The van der Waals surface area contributed by atoms with E-state index in [1.165, 1.54) is 0 Å². The highest BCUT2D eigenvalue weighted by molar-refractivity contribution is 5.37. The molecule has 4 heteroatoms. The predicted octanol–water partition coefficient (Wildman–Crippen LogP) is 1.75. The summed E-state index contributed by atoms with van der Waals surface area (Å²) in [5, 5.41) is 0. The van der Waals surface area contributed by atoms with Crippen molar-refractivity contribution in [1.82, 2.24) is 9.55 Å². The number of hydrogen-bond acceptors (Lipinski definition) is 2. The number of aromatic amines is 1. The first-order chi connectivity index (χ1) is 8.37. The lowest BCUT2D eigenvalue weighted by molar-refractivity contribution is 0.516. The fraction of sp³-hybridized carbons (Fsp3) is 0.357.